The van der Waals surface area contributed by atoms with E-state index in [9.17, 15) is 18.8 Å². The summed E-state index contributed by atoms with van der Waals surface area (Å²) in [5.41, 5.74) is 8.85. The van der Waals surface area contributed by atoms with Crippen molar-refractivity contribution in [1.82, 2.24) is 0 Å². The minimum absolute atomic E-state index is 0.0204. The van der Waals surface area contributed by atoms with Crippen molar-refractivity contribution < 1.29 is 33.0 Å². The fourth-order valence-electron chi connectivity index (χ4n) is 6.05. The van der Waals surface area contributed by atoms with Gasteiger partial charge in [0.05, 0.1) is 37.5 Å². The summed E-state index contributed by atoms with van der Waals surface area (Å²) in [6.45, 7) is 3.43. The third kappa shape index (κ3) is 5.67. The summed E-state index contributed by atoms with van der Waals surface area (Å²) in [7, 11) is 1.53. The highest BCUT2D eigenvalue weighted by Crippen LogP contribution is 2.52. The van der Waals surface area contributed by atoms with Crippen molar-refractivity contribution in [2.24, 2.45) is 11.7 Å². The molecule has 3 aromatic carbocycles. The van der Waals surface area contributed by atoms with Gasteiger partial charge in [-0.1, -0.05) is 41.9 Å². The number of Topliss-reactive ketones (excluding diaryl/α,β-unsaturated/α-hetero) is 1. The monoisotopic (exact) mass is 618 g/mol. The van der Waals surface area contributed by atoms with E-state index in [0.29, 0.717) is 33.3 Å². The van der Waals surface area contributed by atoms with Crippen LogP contribution in [0.15, 0.2) is 95.5 Å². The molecule has 44 heavy (non-hydrogen) atoms. The van der Waals surface area contributed by atoms with Gasteiger partial charge < -0.3 is 19.9 Å². The highest BCUT2D eigenvalue weighted by atomic mass is 35.5. The predicted octanol–water partition coefficient (Wildman–Crippen LogP) is 6.01. The largest absolute Gasteiger partial charge is 0.497 e. The van der Waals surface area contributed by atoms with Crippen molar-refractivity contribution in [3.05, 3.63) is 117 Å². The van der Waals surface area contributed by atoms with Crippen LogP contribution in [0, 0.1) is 11.7 Å². The predicted molar refractivity (Wildman–Crippen MR) is 163 cm³/mol. The molecule has 3 atom stereocenters. The van der Waals surface area contributed by atoms with Crippen LogP contribution in [-0.4, -0.2) is 38.0 Å². The zero-order chi connectivity index (χ0) is 31.5. The van der Waals surface area contributed by atoms with Gasteiger partial charge in [0, 0.05) is 22.2 Å². The van der Waals surface area contributed by atoms with E-state index in [-0.39, 0.29) is 36.6 Å². The van der Waals surface area contributed by atoms with Gasteiger partial charge in [0.15, 0.2) is 5.78 Å². The molecule has 10 heteroatoms. The van der Waals surface area contributed by atoms with Gasteiger partial charge >= 0.3 is 11.9 Å². The van der Waals surface area contributed by atoms with Crippen LogP contribution in [0.25, 0.3) is 0 Å². The molecule has 5 rings (SSSR count). The zero-order valence-corrected chi connectivity index (χ0v) is 25.3. The Balaban J connectivity index is 1.83. The maximum absolute atomic E-state index is 14.8. The molecule has 0 bridgehead atoms. The number of hydrogen-bond donors (Lipinski definition) is 1. The molecule has 228 valence electrons. The standard InChI is InChI=1S/C34H32ClFN2O6/c1-4-43-33(40)28-25(19-9-7-14-24(16-19)42-3)18-26-29(31(28)39)27(20-10-6-11-21(35)15-20)30(34(41)44-5-2)32(37)38(26)23-13-8-12-22(36)17-23/h6-17,25,27-28H,4-5,18,37H2,1-3H3/t25-,27+,28+/m1/s1. The normalized spacial score (nSPS) is 19.9. The van der Waals surface area contributed by atoms with Gasteiger partial charge in [-0.2, -0.15) is 0 Å². The quantitative estimate of drug-likeness (QED) is 0.241. The molecule has 2 aliphatic rings. The molecule has 0 fully saturated rings. The molecule has 1 aliphatic carbocycles. The molecule has 8 nitrogen and oxygen atoms in total. The number of rotatable bonds is 8. The Bertz CT molecular complexity index is 1690. The van der Waals surface area contributed by atoms with Crippen LogP contribution in [0.5, 0.6) is 5.75 Å². The van der Waals surface area contributed by atoms with Gasteiger partial charge in [-0.05, 0) is 73.9 Å². The second kappa shape index (κ2) is 12.9. The number of ether oxygens (including phenoxy) is 3. The molecule has 0 aromatic heterocycles. The minimum Gasteiger partial charge on any atom is -0.497 e. The van der Waals surface area contributed by atoms with Crippen LogP contribution in [0.3, 0.4) is 0 Å². The smallest absolute Gasteiger partial charge is 0.338 e. The maximum atomic E-state index is 14.8. The molecule has 3 aromatic rings. The van der Waals surface area contributed by atoms with Crippen molar-refractivity contribution in [2.45, 2.75) is 32.1 Å². The van der Waals surface area contributed by atoms with Gasteiger partial charge in [0.25, 0.3) is 0 Å². The second-order valence-electron chi connectivity index (χ2n) is 10.4. The highest BCUT2D eigenvalue weighted by Gasteiger charge is 2.51. The third-order valence-electron chi connectivity index (χ3n) is 7.84. The summed E-state index contributed by atoms with van der Waals surface area (Å²) in [6, 6.07) is 19.5. The van der Waals surface area contributed by atoms with E-state index < -0.39 is 41.3 Å². The second-order valence-corrected chi connectivity index (χ2v) is 10.8. The van der Waals surface area contributed by atoms with Crippen LogP contribution in [0.2, 0.25) is 5.02 Å². The Morgan fingerprint density at radius 3 is 2.36 bits per heavy atom. The van der Waals surface area contributed by atoms with Crippen LogP contribution < -0.4 is 15.4 Å². The molecule has 1 heterocycles. The molecule has 2 N–H and O–H groups in total. The molecule has 0 saturated carbocycles. The zero-order valence-electron chi connectivity index (χ0n) is 24.5. The summed E-state index contributed by atoms with van der Waals surface area (Å²) in [4.78, 5) is 43.6. The SMILES string of the molecule is CCOC(=O)C1=C(N)N(c2cccc(F)c2)C2=C(C(=O)[C@@H](C(=O)OCC)[C@@H](c3cccc(OC)c3)C2)[C@@H]1c1cccc(Cl)c1. The molecular formula is C34H32ClFN2O6. The lowest BCUT2D eigenvalue weighted by atomic mass is 9.67. The van der Waals surface area contributed by atoms with E-state index in [0.717, 1.165) is 0 Å². The van der Waals surface area contributed by atoms with Gasteiger partial charge in [-0.15, -0.1) is 0 Å². The summed E-state index contributed by atoms with van der Waals surface area (Å²) in [5.74, 6) is -4.97. The van der Waals surface area contributed by atoms with Gasteiger partial charge in [0.1, 0.15) is 23.3 Å². The molecule has 0 amide bonds. The van der Waals surface area contributed by atoms with Gasteiger partial charge in [-0.25, -0.2) is 9.18 Å². The first-order chi connectivity index (χ1) is 21.2. The first-order valence-corrected chi connectivity index (χ1v) is 14.6. The number of anilines is 1. The Morgan fingerprint density at radius 2 is 1.68 bits per heavy atom. The van der Waals surface area contributed by atoms with E-state index in [1.165, 1.54) is 30.2 Å². The van der Waals surface area contributed by atoms with E-state index in [4.69, 9.17) is 31.5 Å². The molecule has 0 unspecified atom stereocenters. The number of esters is 2. The van der Waals surface area contributed by atoms with E-state index in [2.05, 4.69) is 0 Å². The number of benzene rings is 3. The Hall–Kier alpha value is -4.63. The number of carbonyl (C=O) groups is 3. The van der Waals surface area contributed by atoms with Crippen molar-refractivity contribution in [2.75, 3.05) is 25.2 Å². The third-order valence-corrected chi connectivity index (χ3v) is 8.08. The summed E-state index contributed by atoms with van der Waals surface area (Å²) in [6.07, 6.45) is 0.127. The molecule has 0 saturated heterocycles. The van der Waals surface area contributed by atoms with Crippen LogP contribution >= 0.6 is 11.6 Å². The maximum Gasteiger partial charge on any atom is 0.338 e. The van der Waals surface area contributed by atoms with E-state index >= 15 is 0 Å². The first-order valence-electron chi connectivity index (χ1n) is 14.3. The number of nitrogens with zero attached hydrogens (tertiary/aromatic N) is 1. The van der Waals surface area contributed by atoms with Crippen LogP contribution in [0.1, 0.15) is 43.2 Å². The van der Waals surface area contributed by atoms with Gasteiger partial charge in [-0.3, -0.25) is 14.5 Å². The average Bonchev–Trinajstić information content (AvgIpc) is 3.00. The number of nitrogens with two attached hydrogens (primary N) is 1. The average molecular weight is 619 g/mol. The minimum atomic E-state index is -1.25. The van der Waals surface area contributed by atoms with Gasteiger partial charge in [0.2, 0.25) is 0 Å². The van der Waals surface area contributed by atoms with Crippen molar-refractivity contribution in [3.63, 3.8) is 0 Å². The summed E-state index contributed by atoms with van der Waals surface area (Å²) < 4.78 is 30.9. The lowest BCUT2D eigenvalue weighted by Gasteiger charge is -2.44. The topological polar surface area (TPSA) is 108 Å². The van der Waals surface area contributed by atoms with Crippen molar-refractivity contribution in [3.8, 4) is 5.75 Å². The summed E-state index contributed by atoms with van der Waals surface area (Å²) in [5, 5.41) is 0.374. The fraction of sp³-hybridized carbons (Fsp3) is 0.265. The molecular weight excluding hydrogens is 587 g/mol. The first kappa shape index (κ1) is 30.8. The Labute approximate surface area is 259 Å². The fourth-order valence-corrected chi connectivity index (χ4v) is 6.25. The Morgan fingerprint density at radius 1 is 0.977 bits per heavy atom. The number of hydrogen-bond acceptors (Lipinski definition) is 8. The van der Waals surface area contributed by atoms with E-state index in [1.54, 1.807) is 62.4 Å². The highest BCUT2D eigenvalue weighted by molar-refractivity contribution is 6.30. The molecule has 0 spiro atoms. The Kier molecular flexibility index (Phi) is 9.06. The number of halogens is 2. The molecule has 1 aliphatic heterocycles. The van der Waals surface area contributed by atoms with Crippen LogP contribution in [-0.2, 0) is 23.9 Å². The number of carbonyl (C=O) groups excluding carboxylic acids is 3. The number of ketones is 1. The summed E-state index contributed by atoms with van der Waals surface area (Å²) >= 11 is 6.39. The van der Waals surface area contributed by atoms with E-state index in [1.807, 2.05) is 6.07 Å². The lowest BCUT2D eigenvalue weighted by Crippen LogP contribution is -2.46. The number of allylic oxidation sites excluding steroid dienone is 2. The van der Waals surface area contributed by atoms with Crippen LogP contribution in [0.4, 0.5) is 10.1 Å². The number of methoxy groups -OCH3 is 1. The van der Waals surface area contributed by atoms with Crippen molar-refractivity contribution in [1.29, 1.82) is 0 Å². The van der Waals surface area contributed by atoms with Crippen molar-refractivity contribution >= 4 is 35.0 Å². The molecule has 0 radical (unpaired) electrons. The lowest BCUT2D eigenvalue weighted by molar-refractivity contribution is -0.152.